The quantitative estimate of drug-likeness (QED) is 0.751. The molecule has 1 aromatic heterocycles. The van der Waals surface area contributed by atoms with Gasteiger partial charge in [0.05, 0.1) is 11.4 Å². The van der Waals surface area contributed by atoms with Crippen LogP contribution in [0.4, 0.5) is 0 Å². The molecular formula is C20H22N2O. The van der Waals surface area contributed by atoms with Gasteiger partial charge >= 0.3 is 0 Å². The highest BCUT2D eigenvalue weighted by Gasteiger charge is 2.18. The standard InChI is InChI=1S/C20H22N2O/c1-4-5-18-19(16-10-6-14(2)7-11-16)21-22(20(18)23)17-12-8-15(3)9-13-17/h6-13,23H,4-5H2,1-3H3. The Morgan fingerprint density at radius 3 is 2.04 bits per heavy atom. The molecule has 0 amide bonds. The molecule has 3 rings (SSSR count). The lowest BCUT2D eigenvalue weighted by Gasteiger charge is -2.04. The van der Waals surface area contributed by atoms with Crippen LogP contribution < -0.4 is 0 Å². The predicted molar refractivity (Wildman–Crippen MR) is 94.1 cm³/mol. The molecule has 0 radical (unpaired) electrons. The average Bonchev–Trinajstić information content (AvgIpc) is 2.87. The average molecular weight is 306 g/mol. The minimum atomic E-state index is 0.242. The van der Waals surface area contributed by atoms with E-state index in [4.69, 9.17) is 5.10 Å². The summed E-state index contributed by atoms with van der Waals surface area (Å²) in [6.45, 7) is 6.23. The maximum absolute atomic E-state index is 10.7. The van der Waals surface area contributed by atoms with E-state index in [2.05, 4.69) is 38.1 Å². The number of aryl methyl sites for hydroxylation is 2. The molecule has 0 aliphatic rings. The van der Waals surface area contributed by atoms with Gasteiger partial charge in [0.25, 0.3) is 0 Å². The molecule has 0 atom stereocenters. The molecule has 0 aliphatic carbocycles. The molecular weight excluding hydrogens is 284 g/mol. The van der Waals surface area contributed by atoms with Crippen LogP contribution in [0.25, 0.3) is 16.9 Å². The first-order valence-corrected chi connectivity index (χ1v) is 8.05. The number of rotatable bonds is 4. The molecule has 0 saturated heterocycles. The first-order chi connectivity index (χ1) is 11.1. The van der Waals surface area contributed by atoms with E-state index in [1.54, 1.807) is 4.68 Å². The molecule has 0 spiro atoms. The molecule has 3 heteroatoms. The SMILES string of the molecule is CCCc1c(-c2ccc(C)cc2)nn(-c2ccc(C)cc2)c1O. The van der Waals surface area contributed by atoms with Crippen LogP contribution in [-0.4, -0.2) is 14.9 Å². The lowest BCUT2D eigenvalue weighted by Crippen LogP contribution is -1.96. The third-order valence-electron chi connectivity index (χ3n) is 4.06. The van der Waals surface area contributed by atoms with Crippen molar-refractivity contribution < 1.29 is 5.11 Å². The number of nitrogens with zero attached hydrogens (tertiary/aromatic N) is 2. The molecule has 0 unspecified atom stereocenters. The summed E-state index contributed by atoms with van der Waals surface area (Å²) in [7, 11) is 0. The number of hydrogen-bond acceptors (Lipinski definition) is 2. The summed E-state index contributed by atoms with van der Waals surface area (Å²) in [6.07, 6.45) is 1.77. The van der Waals surface area contributed by atoms with Gasteiger partial charge in [-0.25, -0.2) is 4.68 Å². The van der Waals surface area contributed by atoms with E-state index in [9.17, 15) is 5.11 Å². The molecule has 23 heavy (non-hydrogen) atoms. The van der Waals surface area contributed by atoms with Crippen LogP contribution in [0.15, 0.2) is 48.5 Å². The van der Waals surface area contributed by atoms with Crippen molar-refractivity contribution in [3.63, 3.8) is 0 Å². The topological polar surface area (TPSA) is 38.0 Å². The molecule has 0 aliphatic heterocycles. The second-order valence-corrected chi connectivity index (χ2v) is 6.01. The third-order valence-corrected chi connectivity index (χ3v) is 4.06. The molecule has 0 fully saturated rings. The monoisotopic (exact) mass is 306 g/mol. The van der Waals surface area contributed by atoms with Gasteiger partial charge in [-0.1, -0.05) is 60.9 Å². The third kappa shape index (κ3) is 3.00. The van der Waals surface area contributed by atoms with Crippen LogP contribution in [0, 0.1) is 13.8 Å². The first kappa shape index (κ1) is 15.3. The van der Waals surface area contributed by atoms with Crippen LogP contribution in [-0.2, 0) is 6.42 Å². The fourth-order valence-corrected chi connectivity index (χ4v) is 2.73. The van der Waals surface area contributed by atoms with Gasteiger partial charge in [-0.05, 0) is 32.4 Å². The lowest BCUT2D eigenvalue weighted by molar-refractivity contribution is 0.427. The molecule has 3 nitrogen and oxygen atoms in total. The van der Waals surface area contributed by atoms with Gasteiger partial charge in [0.2, 0.25) is 5.88 Å². The summed E-state index contributed by atoms with van der Waals surface area (Å²) in [5, 5.41) is 15.4. The largest absolute Gasteiger partial charge is 0.493 e. The molecule has 2 aromatic carbocycles. The molecule has 1 N–H and O–H groups in total. The minimum Gasteiger partial charge on any atom is -0.493 e. The first-order valence-electron chi connectivity index (χ1n) is 8.05. The fourth-order valence-electron chi connectivity index (χ4n) is 2.73. The van der Waals surface area contributed by atoms with E-state index in [1.165, 1.54) is 11.1 Å². The van der Waals surface area contributed by atoms with Crippen LogP contribution >= 0.6 is 0 Å². The Morgan fingerprint density at radius 2 is 1.48 bits per heavy atom. The van der Waals surface area contributed by atoms with E-state index in [-0.39, 0.29) is 5.88 Å². The van der Waals surface area contributed by atoms with Crippen LogP contribution in [0.5, 0.6) is 5.88 Å². The summed E-state index contributed by atoms with van der Waals surface area (Å²) in [4.78, 5) is 0. The Labute approximate surface area is 137 Å². The van der Waals surface area contributed by atoms with Crippen LogP contribution in [0.1, 0.15) is 30.0 Å². The zero-order valence-corrected chi connectivity index (χ0v) is 13.9. The van der Waals surface area contributed by atoms with Crippen molar-refractivity contribution in [3.05, 3.63) is 65.2 Å². The van der Waals surface area contributed by atoms with E-state index in [0.29, 0.717) is 0 Å². The number of benzene rings is 2. The maximum atomic E-state index is 10.7. The number of aromatic nitrogens is 2. The smallest absolute Gasteiger partial charge is 0.218 e. The molecule has 0 bridgehead atoms. The highest BCUT2D eigenvalue weighted by Crippen LogP contribution is 2.33. The van der Waals surface area contributed by atoms with Crippen molar-refractivity contribution in [1.82, 2.24) is 9.78 Å². The summed E-state index contributed by atoms with van der Waals surface area (Å²) in [6, 6.07) is 16.3. The predicted octanol–water partition coefficient (Wildman–Crippen LogP) is 4.81. The fraction of sp³-hybridized carbons (Fsp3) is 0.250. The van der Waals surface area contributed by atoms with Crippen molar-refractivity contribution in [2.45, 2.75) is 33.6 Å². The second-order valence-electron chi connectivity index (χ2n) is 6.01. The van der Waals surface area contributed by atoms with Gasteiger partial charge < -0.3 is 5.11 Å². The van der Waals surface area contributed by atoms with Crippen molar-refractivity contribution in [2.75, 3.05) is 0 Å². The Balaban J connectivity index is 2.14. The highest BCUT2D eigenvalue weighted by molar-refractivity contribution is 5.66. The van der Waals surface area contributed by atoms with Crippen LogP contribution in [0.3, 0.4) is 0 Å². The Kier molecular flexibility index (Phi) is 4.20. The molecule has 0 saturated carbocycles. The highest BCUT2D eigenvalue weighted by atomic mass is 16.3. The van der Waals surface area contributed by atoms with E-state index in [0.717, 1.165) is 35.3 Å². The van der Waals surface area contributed by atoms with Crippen molar-refractivity contribution in [2.24, 2.45) is 0 Å². The van der Waals surface area contributed by atoms with Gasteiger partial charge in [0, 0.05) is 11.1 Å². The maximum Gasteiger partial charge on any atom is 0.218 e. The van der Waals surface area contributed by atoms with Crippen molar-refractivity contribution >= 4 is 0 Å². The van der Waals surface area contributed by atoms with Gasteiger partial charge in [0.15, 0.2) is 0 Å². The lowest BCUT2D eigenvalue weighted by atomic mass is 10.0. The van der Waals surface area contributed by atoms with Crippen molar-refractivity contribution in [1.29, 1.82) is 0 Å². The zero-order valence-electron chi connectivity index (χ0n) is 13.9. The zero-order chi connectivity index (χ0) is 16.4. The minimum absolute atomic E-state index is 0.242. The van der Waals surface area contributed by atoms with Crippen molar-refractivity contribution in [3.8, 4) is 22.8 Å². The second kappa shape index (κ2) is 6.29. The van der Waals surface area contributed by atoms with E-state index in [1.807, 2.05) is 31.2 Å². The van der Waals surface area contributed by atoms with E-state index >= 15 is 0 Å². The van der Waals surface area contributed by atoms with E-state index < -0.39 is 0 Å². The Bertz CT molecular complexity index is 799. The van der Waals surface area contributed by atoms with Crippen LogP contribution in [0.2, 0.25) is 0 Å². The number of aromatic hydroxyl groups is 1. The van der Waals surface area contributed by atoms with Gasteiger partial charge in [-0.2, -0.15) is 5.10 Å². The number of hydrogen-bond donors (Lipinski definition) is 1. The summed E-state index contributed by atoms with van der Waals surface area (Å²) in [5.41, 5.74) is 6.10. The Hall–Kier alpha value is -2.55. The Morgan fingerprint density at radius 1 is 0.913 bits per heavy atom. The van der Waals surface area contributed by atoms with Gasteiger partial charge in [0.1, 0.15) is 0 Å². The molecule has 1 heterocycles. The van der Waals surface area contributed by atoms with Gasteiger partial charge in [-0.3, -0.25) is 0 Å². The summed E-state index contributed by atoms with van der Waals surface area (Å²) >= 11 is 0. The normalized spacial score (nSPS) is 10.9. The molecule has 118 valence electrons. The van der Waals surface area contributed by atoms with Gasteiger partial charge in [-0.15, -0.1) is 0 Å². The molecule has 3 aromatic rings. The summed E-state index contributed by atoms with van der Waals surface area (Å²) in [5.74, 6) is 0.242. The summed E-state index contributed by atoms with van der Waals surface area (Å²) < 4.78 is 1.64.